The molecule has 2 aliphatic rings. The molecule has 1 amide bonds. The van der Waals surface area contributed by atoms with Crippen molar-refractivity contribution in [1.29, 1.82) is 0 Å². The van der Waals surface area contributed by atoms with E-state index in [1.54, 1.807) is 13.0 Å². The van der Waals surface area contributed by atoms with Gasteiger partial charge in [-0.2, -0.15) is 0 Å². The second-order valence-corrected chi connectivity index (χ2v) is 7.89. The van der Waals surface area contributed by atoms with E-state index in [1.807, 2.05) is 0 Å². The molecule has 4 rings (SSSR count). The van der Waals surface area contributed by atoms with Crippen molar-refractivity contribution in [2.45, 2.75) is 38.5 Å². The van der Waals surface area contributed by atoms with Crippen molar-refractivity contribution in [3.8, 4) is 0 Å². The largest absolute Gasteiger partial charge is 0.294 e. The van der Waals surface area contributed by atoms with E-state index in [4.69, 9.17) is 11.6 Å². The van der Waals surface area contributed by atoms with Crippen molar-refractivity contribution in [2.75, 3.05) is 4.90 Å². The number of hydrogen-bond donors (Lipinski definition) is 0. The van der Waals surface area contributed by atoms with Gasteiger partial charge in [0, 0.05) is 52.7 Å². The maximum absolute atomic E-state index is 14.7. The van der Waals surface area contributed by atoms with Crippen LogP contribution >= 0.6 is 11.6 Å². The number of halogens is 2. The number of carbonyl (C=O) groups excluding carboxylic acids is 2. The van der Waals surface area contributed by atoms with Gasteiger partial charge in [0.1, 0.15) is 5.82 Å². The molecule has 8 heteroatoms. The third kappa shape index (κ3) is 3.29. The number of ketones is 1. The standard InChI is InChI=1S/C22H18ClFN2O4/c1-12-8-9-13(26(29)30)10-18(12)25-17-6-3-7-19(27)22(17)14(11-20(25)28)21-15(23)4-2-5-16(21)24/h2,4-5,8-10,14H,3,6-7,11H2,1H3. The Labute approximate surface area is 177 Å². The van der Waals surface area contributed by atoms with Crippen LogP contribution in [0.25, 0.3) is 0 Å². The van der Waals surface area contributed by atoms with E-state index < -0.39 is 16.7 Å². The van der Waals surface area contributed by atoms with Crippen molar-refractivity contribution in [1.82, 2.24) is 0 Å². The number of hydrogen-bond acceptors (Lipinski definition) is 4. The van der Waals surface area contributed by atoms with E-state index in [9.17, 15) is 24.1 Å². The lowest BCUT2D eigenvalue weighted by molar-refractivity contribution is -0.384. The smallest absolute Gasteiger partial charge is 0.271 e. The van der Waals surface area contributed by atoms with Crippen LogP contribution in [0, 0.1) is 22.9 Å². The average molecular weight is 429 g/mol. The third-order valence-corrected chi connectivity index (χ3v) is 6.00. The Balaban J connectivity index is 1.93. The van der Waals surface area contributed by atoms with Crippen LogP contribution in [0.2, 0.25) is 5.02 Å². The normalized spacial score (nSPS) is 19.2. The topological polar surface area (TPSA) is 80.5 Å². The summed E-state index contributed by atoms with van der Waals surface area (Å²) in [4.78, 5) is 38.3. The maximum Gasteiger partial charge on any atom is 0.271 e. The predicted octanol–water partition coefficient (Wildman–Crippen LogP) is 5.22. The van der Waals surface area contributed by atoms with E-state index in [2.05, 4.69) is 0 Å². The van der Waals surface area contributed by atoms with Crippen LogP contribution in [-0.4, -0.2) is 16.6 Å². The summed E-state index contributed by atoms with van der Waals surface area (Å²) in [5.74, 6) is -1.84. The summed E-state index contributed by atoms with van der Waals surface area (Å²) in [5, 5.41) is 11.4. The molecule has 6 nitrogen and oxygen atoms in total. The van der Waals surface area contributed by atoms with Gasteiger partial charge in [-0.1, -0.05) is 23.7 Å². The molecule has 0 N–H and O–H groups in total. The highest BCUT2D eigenvalue weighted by Crippen LogP contribution is 2.46. The number of benzene rings is 2. The van der Waals surface area contributed by atoms with Crippen LogP contribution in [0.4, 0.5) is 15.8 Å². The van der Waals surface area contributed by atoms with E-state index in [0.29, 0.717) is 41.8 Å². The molecule has 154 valence electrons. The Morgan fingerprint density at radius 1 is 1.20 bits per heavy atom. The number of anilines is 1. The molecule has 2 aromatic carbocycles. The Hall–Kier alpha value is -3.06. The highest BCUT2D eigenvalue weighted by Gasteiger charge is 2.41. The third-order valence-electron chi connectivity index (χ3n) is 5.67. The minimum atomic E-state index is -0.774. The van der Waals surface area contributed by atoms with Crippen molar-refractivity contribution < 1.29 is 18.9 Å². The molecule has 0 saturated heterocycles. The Bertz CT molecular complexity index is 1110. The summed E-state index contributed by atoms with van der Waals surface area (Å²) in [7, 11) is 0. The molecule has 0 fully saturated rings. The first-order valence-electron chi connectivity index (χ1n) is 9.57. The van der Waals surface area contributed by atoms with Crippen LogP contribution in [0.3, 0.4) is 0 Å². The minimum Gasteiger partial charge on any atom is -0.294 e. The van der Waals surface area contributed by atoms with Gasteiger partial charge in [-0.3, -0.25) is 24.6 Å². The Kier molecular flexibility index (Phi) is 5.15. The van der Waals surface area contributed by atoms with Gasteiger partial charge in [0.05, 0.1) is 10.6 Å². The van der Waals surface area contributed by atoms with Crippen molar-refractivity contribution >= 4 is 34.7 Å². The number of carbonyl (C=O) groups is 2. The monoisotopic (exact) mass is 428 g/mol. The minimum absolute atomic E-state index is 0.144. The molecular formula is C22H18ClFN2O4. The van der Waals surface area contributed by atoms with Gasteiger partial charge in [-0.25, -0.2) is 4.39 Å². The molecule has 0 aromatic heterocycles. The second kappa shape index (κ2) is 7.65. The van der Waals surface area contributed by atoms with Crippen LogP contribution in [0.1, 0.15) is 42.7 Å². The number of Topliss-reactive ketones (excluding diaryl/α,β-unsaturated/α-hetero) is 1. The van der Waals surface area contributed by atoms with Gasteiger partial charge in [-0.15, -0.1) is 0 Å². The molecule has 0 spiro atoms. The van der Waals surface area contributed by atoms with Crippen LogP contribution in [0.5, 0.6) is 0 Å². The molecule has 0 radical (unpaired) electrons. The fourth-order valence-corrected chi connectivity index (χ4v) is 4.61. The molecule has 2 aromatic rings. The molecule has 0 saturated carbocycles. The van der Waals surface area contributed by atoms with Gasteiger partial charge < -0.3 is 0 Å². The molecule has 1 atom stereocenters. The van der Waals surface area contributed by atoms with E-state index in [0.717, 1.165) is 0 Å². The summed E-state index contributed by atoms with van der Waals surface area (Å²) < 4.78 is 14.7. The first-order chi connectivity index (χ1) is 14.3. The summed E-state index contributed by atoms with van der Waals surface area (Å²) in [6.45, 7) is 1.75. The highest BCUT2D eigenvalue weighted by atomic mass is 35.5. The lowest BCUT2D eigenvalue weighted by Gasteiger charge is -2.39. The Morgan fingerprint density at radius 3 is 2.67 bits per heavy atom. The van der Waals surface area contributed by atoms with Crippen molar-refractivity contribution in [3.05, 3.63) is 79.7 Å². The van der Waals surface area contributed by atoms with Gasteiger partial charge in [0.15, 0.2) is 5.78 Å². The van der Waals surface area contributed by atoms with E-state index >= 15 is 0 Å². The van der Waals surface area contributed by atoms with Gasteiger partial charge >= 0.3 is 0 Å². The number of nitro benzene ring substituents is 1. The fraction of sp³-hybridized carbons (Fsp3) is 0.273. The number of allylic oxidation sites excluding steroid dienone is 2. The zero-order valence-corrected chi connectivity index (χ0v) is 16.9. The van der Waals surface area contributed by atoms with Crippen molar-refractivity contribution in [3.63, 3.8) is 0 Å². The zero-order chi connectivity index (χ0) is 21.6. The predicted molar refractivity (Wildman–Crippen MR) is 110 cm³/mol. The summed E-state index contributed by atoms with van der Waals surface area (Å²) in [5.41, 5.74) is 1.89. The number of nitro groups is 1. The van der Waals surface area contributed by atoms with E-state index in [-0.39, 0.29) is 34.4 Å². The molecule has 1 aliphatic carbocycles. The zero-order valence-electron chi connectivity index (χ0n) is 16.2. The van der Waals surface area contributed by atoms with E-state index in [1.165, 1.54) is 35.2 Å². The molecular weight excluding hydrogens is 411 g/mol. The summed E-state index contributed by atoms with van der Waals surface area (Å²) in [6, 6.07) is 8.56. The van der Waals surface area contributed by atoms with Crippen molar-refractivity contribution in [2.24, 2.45) is 0 Å². The summed E-state index contributed by atoms with van der Waals surface area (Å²) in [6.07, 6.45) is 1.15. The molecule has 1 unspecified atom stereocenters. The summed E-state index contributed by atoms with van der Waals surface area (Å²) >= 11 is 6.25. The number of nitrogens with zero attached hydrogens (tertiary/aromatic N) is 2. The van der Waals surface area contributed by atoms with Crippen LogP contribution < -0.4 is 4.90 Å². The molecule has 1 aliphatic heterocycles. The van der Waals surface area contributed by atoms with Gasteiger partial charge in [-0.05, 0) is 37.5 Å². The average Bonchev–Trinajstić information content (AvgIpc) is 2.68. The number of amides is 1. The van der Waals surface area contributed by atoms with Gasteiger partial charge in [0.25, 0.3) is 5.69 Å². The fourth-order valence-electron chi connectivity index (χ4n) is 4.31. The molecule has 30 heavy (non-hydrogen) atoms. The first-order valence-corrected chi connectivity index (χ1v) is 9.95. The lowest BCUT2D eigenvalue weighted by atomic mass is 9.77. The highest BCUT2D eigenvalue weighted by molar-refractivity contribution is 6.31. The number of aryl methyl sites for hydroxylation is 1. The SMILES string of the molecule is Cc1ccc([N+](=O)[O-])cc1N1C(=O)CC(c2c(F)cccc2Cl)C2=C1CCCC2=O. The quantitative estimate of drug-likeness (QED) is 0.495. The number of rotatable bonds is 3. The lowest BCUT2D eigenvalue weighted by Crippen LogP contribution is -2.41. The molecule has 1 heterocycles. The number of non-ortho nitro benzene ring substituents is 1. The second-order valence-electron chi connectivity index (χ2n) is 7.49. The van der Waals surface area contributed by atoms with Gasteiger partial charge in [0.2, 0.25) is 5.91 Å². The Morgan fingerprint density at radius 2 is 1.97 bits per heavy atom. The maximum atomic E-state index is 14.7. The van der Waals surface area contributed by atoms with Crippen LogP contribution in [0.15, 0.2) is 47.7 Å². The first kappa shape index (κ1) is 20.2. The molecule has 0 bridgehead atoms. The van der Waals surface area contributed by atoms with Crippen LogP contribution in [-0.2, 0) is 9.59 Å².